The minimum absolute atomic E-state index is 0.0418. The van der Waals surface area contributed by atoms with Gasteiger partial charge >= 0.3 is 5.97 Å². The molecule has 0 radical (unpaired) electrons. The van der Waals surface area contributed by atoms with Gasteiger partial charge in [-0.15, -0.1) is 0 Å². The van der Waals surface area contributed by atoms with Gasteiger partial charge in [0.2, 0.25) is 0 Å². The van der Waals surface area contributed by atoms with Gasteiger partial charge in [0.1, 0.15) is 5.56 Å². The van der Waals surface area contributed by atoms with Gasteiger partial charge in [-0.3, -0.25) is 15.1 Å². The Morgan fingerprint density at radius 2 is 2.05 bits per heavy atom. The van der Waals surface area contributed by atoms with Crippen LogP contribution in [0.25, 0.3) is 0 Å². The van der Waals surface area contributed by atoms with Crippen LogP contribution in [0.1, 0.15) is 21.6 Å². The standard InChI is InChI=1S/C14H12N2O5/c17-14(18)13-10(4-3-6-12(13)16(19)20)8-21-9-11-5-1-2-7-15-11/h1-7H,8-9H2,(H,17,18). The number of aromatic nitrogens is 1. The maximum atomic E-state index is 11.2. The summed E-state index contributed by atoms with van der Waals surface area (Å²) in [5.74, 6) is -1.35. The van der Waals surface area contributed by atoms with Crippen molar-refractivity contribution >= 4 is 11.7 Å². The predicted octanol–water partition coefficient (Wildman–Crippen LogP) is 2.40. The number of nitrogens with zero attached hydrogens (tertiary/aromatic N) is 2. The molecule has 0 bridgehead atoms. The van der Waals surface area contributed by atoms with Gasteiger partial charge in [-0.05, 0) is 17.7 Å². The molecule has 1 aromatic heterocycles. The molecule has 1 N–H and O–H groups in total. The second-order valence-corrected chi connectivity index (χ2v) is 4.19. The third-order valence-corrected chi connectivity index (χ3v) is 2.77. The molecule has 7 heteroatoms. The van der Waals surface area contributed by atoms with E-state index in [0.717, 1.165) is 6.07 Å². The van der Waals surface area contributed by atoms with Crippen molar-refractivity contribution < 1.29 is 19.6 Å². The van der Waals surface area contributed by atoms with E-state index in [9.17, 15) is 14.9 Å². The molecule has 0 saturated heterocycles. The molecule has 7 nitrogen and oxygen atoms in total. The van der Waals surface area contributed by atoms with Gasteiger partial charge < -0.3 is 9.84 Å². The minimum atomic E-state index is -1.35. The SMILES string of the molecule is O=C(O)c1c(COCc2ccccn2)cccc1[N+](=O)[O-]. The Labute approximate surface area is 120 Å². The minimum Gasteiger partial charge on any atom is -0.477 e. The molecule has 0 unspecified atom stereocenters. The molecule has 0 aliphatic heterocycles. The molecular formula is C14H12N2O5. The van der Waals surface area contributed by atoms with Crippen LogP contribution in [-0.2, 0) is 18.0 Å². The van der Waals surface area contributed by atoms with Crippen LogP contribution in [0.4, 0.5) is 5.69 Å². The van der Waals surface area contributed by atoms with Gasteiger partial charge in [0.05, 0.1) is 23.8 Å². The predicted molar refractivity (Wildman–Crippen MR) is 72.8 cm³/mol. The summed E-state index contributed by atoms with van der Waals surface area (Å²) in [6.07, 6.45) is 1.62. The average Bonchev–Trinajstić information content (AvgIpc) is 2.47. The fourth-order valence-corrected chi connectivity index (χ4v) is 1.85. The summed E-state index contributed by atoms with van der Waals surface area (Å²) in [4.78, 5) is 25.4. The molecule has 0 spiro atoms. The fourth-order valence-electron chi connectivity index (χ4n) is 1.85. The Morgan fingerprint density at radius 3 is 2.67 bits per heavy atom. The first kappa shape index (κ1) is 14.6. The molecule has 21 heavy (non-hydrogen) atoms. The van der Waals surface area contributed by atoms with E-state index in [4.69, 9.17) is 9.84 Å². The Hall–Kier alpha value is -2.80. The highest BCUT2D eigenvalue weighted by Crippen LogP contribution is 2.23. The lowest BCUT2D eigenvalue weighted by atomic mass is 10.1. The summed E-state index contributed by atoms with van der Waals surface area (Å²) >= 11 is 0. The van der Waals surface area contributed by atoms with Crippen LogP contribution in [0.15, 0.2) is 42.6 Å². The smallest absolute Gasteiger partial charge is 0.343 e. The number of rotatable bonds is 6. The normalized spacial score (nSPS) is 10.3. The number of hydrogen-bond donors (Lipinski definition) is 1. The second-order valence-electron chi connectivity index (χ2n) is 4.19. The van der Waals surface area contributed by atoms with Crippen LogP contribution in [-0.4, -0.2) is 21.0 Å². The van der Waals surface area contributed by atoms with Crippen LogP contribution in [0.2, 0.25) is 0 Å². The van der Waals surface area contributed by atoms with Gasteiger partial charge in [-0.25, -0.2) is 4.79 Å². The molecule has 108 valence electrons. The summed E-state index contributed by atoms with van der Waals surface area (Å²) in [6.45, 7) is 0.155. The zero-order valence-electron chi connectivity index (χ0n) is 10.9. The highest BCUT2D eigenvalue weighted by atomic mass is 16.6. The van der Waals surface area contributed by atoms with Crippen molar-refractivity contribution in [1.29, 1.82) is 0 Å². The van der Waals surface area contributed by atoms with Crippen molar-refractivity contribution in [3.8, 4) is 0 Å². The Morgan fingerprint density at radius 1 is 1.24 bits per heavy atom. The molecule has 0 aliphatic rings. The second kappa shape index (κ2) is 6.58. The topological polar surface area (TPSA) is 103 Å². The van der Waals surface area contributed by atoms with Gasteiger partial charge in [0, 0.05) is 12.3 Å². The summed E-state index contributed by atoms with van der Waals surface area (Å²) in [5, 5.41) is 20.0. The van der Waals surface area contributed by atoms with Crippen molar-refractivity contribution in [1.82, 2.24) is 4.98 Å². The Balaban J connectivity index is 2.14. The van der Waals surface area contributed by atoms with Crippen molar-refractivity contribution in [2.45, 2.75) is 13.2 Å². The monoisotopic (exact) mass is 288 g/mol. The van der Waals surface area contributed by atoms with Gasteiger partial charge in [0.15, 0.2) is 0 Å². The molecule has 1 aromatic carbocycles. The van der Waals surface area contributed by atoms with Crippen LogP contribution in [0, 0.1) is 10.1 Å². The molecule has 0 aliphatic carbocycles. The average molecular weight is 288 g/mol. The number of pyridine rings is 1. The third-order valence-electron chi connectivity index (χ3n) is 2.77. The number of aromatic carboxylic acids is 1. The van der Waals surface area contributed by atoms with Gasteiger partial charge in [-0.2, -0.15) is 0 Å². The molecule has 0 amide bonds. The van der Waals surface area contributed by atoms with E-state index >= 15 is 0 Å². The number of carboxylic acid groups (broad SMARTS) is 1. The number of benzene rings is 1. The van der Waals surface area contributed by atoms with E-state index in [1.165, 1.54) is 12.1 Å². The third kappa shape index (κ3) is 3.61. The Bertz CT molecular complexity index is 658. The Kier molecular flexibility index (Phi) is 4.57. The number of nitro benzene ring substituents is 1. The molecule has 0 saturated carbocycles. The summed E-state index contributed by atoms with van der Waals surface area (Å²) < 4.78 is 5.38. The summed E-state index contributed by atoms with van der Waals surface area (Å²) in [6, 6.07) is 9.44. The van der Waals surface area contributed by atoms with Crippen molar-refractivity contribution in [3.63, 3.8) is 0 Å². The zero-order valence-corrected chi connectivity index (χ0v) is 10.9. The first-order valence-electron chi connectivity index (χ1n) is 6.07. The van der Waals surface area contributed by atoms with E-state index in [0.29, 0.717) is 5.69 Å². The van der Waals surface area contributed by atoms with Crippen LogP contribution in [0.5, 0.6) is 0 Å². The van der Waals surface area contributed by atoms with Crippen molar-refractivity contribution in [3.05, 3.63) is 69.5 Å². The zero-order chi connectivity index (χ0) is 15.2. The van der Waals surface area contributed by atoms with Crippen molar-refractivity contribution in [2.24, 2.45) is 0 Å². The summed E-state index contributed by atoms with van der Waals surface area (Å²) in [5.41, 5.74) is 0.164. The molecule has 1 heterocycles. The van der Waals surface area contributed by atoms with Gasteiger partial charge in [0.25, 0.3) is 5.69 Å². The quantitative estimate of drug-likeness (QED) is 0.646. The van der Waals surface area contributed by atoms with Crippen LogP contribution in [0.3, 0.4) is 0 Å². The fraction of sp³-hybridized carbons (Fsp3) is 0.143. The lowest BCUT2D eigenvalue weighted by molar-refractivity contribution is -0.385. The molecule has 2 rings (SSSR count). The van der Waals surface area contributed by atoms with Crippen LogP contribution < -0.4 is 0 Å². The van der Waals surface area contributed by atoms with E-state index in [2.05, 4.69) is 4.98 Å². The first-order valence-corrected chi connectivity index (χ1v) is 6.07. The first-order chi connectivity index (χ1) is 10.1. The van der Waals surface area contributed by atoms with Gasteiger partial charge in [-0.1, -0.05) is 18.2 Å². The molecule has 2 aromatic rings. The lowest BCUT2D eigenvalue weighted by Gasteiger charge is -2.07. The molecule has 0 fully saturated rings. The van der Waals surface area contributed by atoms with E-state index < -0.39 is 16.6 Å². The van der Waals surface area contributed by atoms with Crippen LogP contribution >= 0.6 is 0 Å². The largest absolute Gasteiger partial charge is 0.477 e. The maximum Gasteiger partial charge on any atom is 0.343 e. The van der Waals surface area contributed by atoms with E-state index in [1.54, 1.807) is 18.3 Å². The highest BCUT2D eigenvalue weighted by molar-refractivity contribution is 5.94. The number of ether oxygens (including phenoxy) is 1. The number of nitro groups is 1. The summed E-state index contributed by atoms with van der Waals surface area (Å²) in [7, 11) is 0. The lowest BCUT2D eigenvalue weighted by Crippen LogP contribution is -2.08. The highest BCUT2D eigenvalue weighted by Gasteiger charge is 2.23. The number of carbonyl (C=O) groups is 1. The van der Waals surface area contributed by atoms with E-state index in [1.807, 2.05) is 6.07 Å². The van der Waals surface area contributed by atoms with E-state index in [-0.39, 0.29) is 24.3 Å². The molecular weight excluding hydrogens is 276 g/mol. The number of carboxylic acids is 1. The molecule has 0 atom stereocenters. The number of hydrogen-bond acceptors (Lipinski definition) is 5. The maximum absolute atomic E-state index is 11.2. The van der Waals surface area contributed by atoms with Crippen molar-refractivity contribution in [2.75, 3.05) is 0 Å².